The molecule has 1 unspecified atom stereocenters. The van der Waals surface area contributed by atoms with Crippen LogP contribution in [0.4, 0.5) is 13.2 Å². The fourth-order valence-corrected chi connectivity index (χ4v) is 5.34. The number of nitrogens with zero attached hydrogens (tertiary/aromatic N) is 1. The summed E-state index contributed by atoms with van der Waals surface area (Å²) in [5.41, 5.74) is -1.43. The third kappa shape index (κ3) is 5.48. The van der Waals surface area contributed by atoms with E-state index in [1.165, 1.54) is 17.0 Å². The van der Waals surface area contributed by atoms with Gasteiger partial charge in [0.15, 0.2) is 11.7 Å². The summed E-state index contributed by atoms with van der Waals surface area (Å²) < 4.78 is 47.0. The number of hydrogen-bond acceptors (Lipinski definition) is 4. The Morgan fingerprint density at radius 3 is 2.55 bits per heavy atom. The zero-order valence-corrected chi connectivity index (χ0v) is 21.9. The largest absolute Gasteiger partial charge is 0.417 e. The van der Waals surface area contributed by atoms with Crippen LogP contribution in [-0.2, 0) is 27.8 Å². The van der Waals surface area contributed by atoms with Crippen molar-refractivity contribution in [1.82, 2.24) is 10.2 Å². The first-order chi connectivity index (χ1) is 17.9. The van der Waals surface area contributed by atoms with E-state index < -0.39 is 34.5 Å². The number of carbonyl (C=O) groups is 2. The number of halogens is 3. The van der Waals surface area contributed by atoms with E-state index in [1.54, 1.807) is 6.92 Å². The van der Waals surface area contributed by atoms with Crippen LogP contribution in [-0.4, -0.2) is 35.8 Å². The van der Waals surface area contributed by atoms with Crippen molar-refractivity contribution in [3.63, 3.8) is 0 Å². The van der Waals surface area contributed by atoms with Gasteiger partial charge in [-0.2, -0.15) is 13.2 Å². The number of guanidine groups is 1. The number of carbonyl (C=O) groups excluding carboxylic acids is 2. The van der Waals surface area contributed by atoms with E-state index in [1.807, 2.05) is 30.3 Å². The van der Waals surface area contributed by atoms with Gasteiger partial charge in [0.25, 0.3) is 5.91 Å². The molecule has 2 aliphatic heterocycles. The third-order valence-electron chi connectivity index (χ3n) is 7.55. The third-order valence-corrected chi connectivity index (χ3v) is 7.55. The highest BCUT2D eigenvalue weighted by molar-refractivity contribution is 6.08. The molecule has 3 atom stereocenters. The van der Waals surface area contributed by atoms with Gasteiger partial charge < -0.3 is 10.1 Å². The van der Waals surface area contributed by atoms with E-state index >= 15 is 0 Å². The van der Waals surface area contributed by atoms with Gasteiger partial charge in [0.2, 0.25) is 0 Å². The summed E-state index contributed by atoms with van der Waals surface area (Å²) in [5.74, 6) is -1.47. The van der Waals surface area contributed by atoms with Crippen molar-refractivity contribution >= 4 is 17.6 Å². The Bertz CT molecular complexity index is 1200. The van der Waals surface area contributed by atoms with Crippen LogP contribution >= 0.6 is 0 Å². The quantitative estimate of drug-likeness (QED) is 0.426. The molecule has 1 amide bonds. The van der Waals surface area contributed by atoms with Crippen LogP contribution in [0.1, 0.15) is 67.1 Å². The number of hydrogen-bond donors (Lipinski definition) is 2. The first-order valence-corrected chi connectivity index (χ1v) is 13.0. The average molecular weight is 530 g/mol. The van der Waals surface area contributed by atoms with Crippen LogP contribution < -0.4 is 5.32 Å². The van der Waals surface area contributed by atoms with Crippen LogP contribution in [0.3, 0.4) is 0 Å². The first-order valence-electron chi connectivity index (χ1n) is 13.0. The molecule has 0 saturated carbocycles. The Labute approximate surface area is 221 Å². The van der Waals surface area contributed by atoms with Gasteiger partial charge in [-0.15, -0.1) is 0 Å². The van der Waals surface area contributed by atoms with Gasteiger partial charge in [-0.05, 0) is 54.4 Å². The van der Waals surface area contributed by atoms with Gasteiger partial charge in [0.1, 0.15) is 5.54 Å². The van der Waals surface area contributed by atoms with E-state index in [2.05, 4.69) is 19.2 Å². The van der Waals surface area contributed by atoms with Crippen molar-refractivity contribution in [2.24, 2.45) is 17.8 Å². The maximum absolute atomic E-state index is 13.9. The van der Waals surface area contributed by atoms with Crippen molar-refractivity contribution in [3.05, 3.63) is 70.8 Å². The Morgan fingerprint density at radius 1 is 1.21 bits per heavy atom. The van der Waals surface area contributed by atoms with Gasteiger partial charge in [-0.1, -0.05) is 57.2 Å². The van der Waals surface area contributed by atoms with Crippen LogP contribution in [0, 0.1) is 23.2 Å². The molecule has 9 heteroatoms. The Hall–Kier alpha value is -3.20. The molecule has 204 valence electrons. The molecule has 2 aliphatic rings. The number of Topliss-reactive ketones (excluding diaryl/α,β-unsaturated/α-hetero) is 1. The minimum absolute atomic E-state index is 0.117. The van der Waals surface area contributed by atoms with E-state index in [-0.39, 0.29) is 24.3 Å². The summed E-state index contributed by atoms with van der Waals surface area (Å²) in [6.07, 6.45) is -3.15. The van der Waals surface area contributed by atoms with Crippen LogP contribution in [0.5, 0.6) is 0 Å². The normalized spacial score (nSPS) is 24.1. The lowest BCUT2D eigenvalue weighted by Gasteiger charge is -2.29. The van der Waals surface area contributed by atoms with Crippen molar-refractivity contribution < 1.29 is 27.5 Å². The molecule has 2 saturated heterocycles. The smallest absolute Gasteiger partial charge is 0.381 e. The van der Waals surface area contributed by atoms with Gasteiger partial charge in [-0.3, -0.25) is 19.9 Å². The van der Waals surface area contributed by atoms with E-state index in [0.717, 1.165) is 18.1 Å². The second-order valence-corrected chi connectivity index (χ2v) is 10.8. The summed E-state index contributed by atoms with van der Waals surface area (Å²) >= 11 is 0. The second kappa shape index (κ2) is 10.9. The number of ketones is 1. The predicted molar refractivity (Wildman–Crippen MR) is 137 cm³/mol. The molecule has 4 rings (SSSR count). The fraction of sp³-hybridized carbons (Fsp3) is 0.483. The molecule has 2 heterocycles. The van der Waals surface area contributed by atoms with E-state index in [4.69, 9.17) is 10.1 Å². The molecule has 2 aromatic rings. The van der Waals surface area contributed by atoms with E-state index in [0.29, 0.717) is 37.5 Å². The molecule has 0 spiro atoms. The highest BCUT2D eigenvalue weighted by Crippen LogP contribution is 2.38. The predicted octanol–water partition coefficient (Wildman–Crippen LogP) is 5.76. The molecule has 2 aromatic carbocycles. The SMILES string of the molecule is CC(C)CC[C@]1(c2ccccc2)NC(=N)N(Cc2ccc(C(F)(F)F)c(C(=O)C3CCOC[C@@H]3C)c2)C1=O. The number of benzene rings is 2. The van der Waals surface area contributed by atoms with Crippen molar-refractivity contribution in [2.45, 2.75) is 58.3 Å². The molecular formula is C29H34F3N3O3. The van der Waals surface area contributed by atoms with Crippen molar-refractivity contribution in [2.75, 3.05) is 13.2 Å². The minimum atomic E-state index is -4.70. The number of nitrogens with one attached hydrogen (secondary N) is 2. The maximum atomic E-state index is 13.9. The topological polar surface area (TPSA) is 82.5 Å². The Morgan fingerprint density at radius 2 is 1.92 bits per heavy atom. The van der Waals surface area contributed by atoms with E-state index in [9.17, 15) is 22.8 Å². The van der Waals surface area contributed by atoms with Crippen molar-refractivity contribution in [1.29, 1.82) is 5.41 Å². The van der Waals surface area contributed by atoms with Crippen LogP contribution in [0.25, 0.3) is 0 Å². The summed E-state index contributed by atoms with van der Waals surface area (Å²) in [5, 5.41) is 11.7. The molecule has 2 fully saturated rings. The lowest BCUT2D eigenvalue weighted by atomic mass is 9.82. The molecule has 2 N–H and O–H groups in total. The zero-order chi connectivity index (χ0) is 27.7. The second-order valence-electron chi connectivity index (χ2n) is 10.8. The average Bonchev–Trinajstić information content (AvgIpc) is 3.12. The summed E-state index contributed by atoms with van der Waals surface area (Å²) in [7, 11) is 0. The first kappa shape index (κ1) is 27.8. The summed E-state index contributed by atoms with van der Waals surface area (Å²) in [6.45, 7) is 6.44. The lowest BCUT2D eigenvalue weighted by Crippen LogP contribution is -2.44. The van der Waals surface area contributed by atoms with Crippen LogP contribution in [0.2, 0.25) is 0 Å². The molecule has 38 heavy (non-hydrogen) atoms. The molecule has 0 aliphatic carbocycles. The summed E-state index contributed by atoms with van der Waals surface area (Å²) in [4.78, 5) is 28.4. The Balaban J connectivity index is 1.67. The fourth-order valence-electron chi connectivity index (χ4n) is 5.34. The Kier molecular flexibility index (Phi) is 7.97. The monoisotopic (exact) mass is 529 g/mol. The highest BCUT2D eigenvalue weighted by Gasteiger charge is 2.50. The van der Waals surface area contributed by atoms with Gasteiger partial charge in [0, 0.05) is 24.7 Å². The van der Waals surface area contributed by atoms with Gasteiger partial charge in [-0.25, -0.2) is 0 Å². The zero-order valence-electron chi connectivity index (χ0n) is 21.9. The molecule has 0 radical (unpaired) electrons. The number of rotatable bonds is 8. The minimum Gasteiger partial charge on any atom is -0.381 e. The van der Waals surface area contributed by atoms with Gasteiger partial charge in [0.05, 0.1) is 12.1 Å². The van der Waals surface area contributed by atoms with Crippen LogP contribution in [0.15, 0.2) is 48.5 Å². The summed E-state index contributed by atoms with van der Waals surface area (Å²) in [6, 6.07) is 12.6. The lowest BCUT2D eigenvalue weighted by molar-refractivity contribution is -0.138. The molecule has 0 bridgehead atoms. The standard InChI is InChI=1S/C29H34F3N3O3/c1-18(2)11-13-28(21-7-5-4-6-8-21)26(37)35(27(33)34-28)16-20-9-10-24(29(30,31)32)23(15-20)25(36)22-12-14-38-17-19(22)3/h4-10,15,18-19,22H,11-14,16-17H2,1-3H3,(H2,33,34)/t19-,22?,28+/m0/s1. The van der Waals surface area contributed by atoms with Crippen molar-refractivity contribution in [3.8, 4) is 0 Å². The molecule has 0 aromatic heterocycles. The molecular weight excluding hydrogens is 495 g/mol. The van der Waals surface area contributed by atoms with Gasteiger partial charge >= 0.3 is 6.18 Å². The highest BCUT2D eigenvalue weighted by atomic mass is 19.4. The molecule has 6 nitrogen and oxygen atoms in total. The number of alkyl halides is 3. The number of ether oxygens (including phenoxy) is 1. The number of amides is 1. The maximum Gasteiger partial charge on any atom is 0.417 e.